The van der Waals surface area contributed by atoms with Crippen LogP contribution in [0.3, 0.4) is 0 Å². The SMILES string of the molecule is c1ccc(-c2nc(-c3cccc4oc5c(-n6c7ccccc7c7c8ccccc8ccc76)cccc5c34)nc3c2oc2ccccc23)cc1. The van der Waals surface area contributed by atoms with E-state index in [1.54, 1.807) is 0 Å². The van der Waals surface area contributed by atoms with Gasteiger partial charge in [0.05, 0.1) is 16.7 Å². The van der Waals surface area contributed by atoms with Crippen LogP contribution in [0, 0.1) is 0 Å². The Kier molecular flexibility index (Phi) is 5.32. The fourth-order valence-corrected chi connectivity index (χ4v) is 7.70. The van der Waals surface area contributed by atoms with Crippen LogP contribution in [0.1, 0.15) is 0 Å². The van der Waals surface area contributed by atoms with Crippen LogP contribution in [-0.2, 0) is 0 Å². The molecule has 5 nitrogen and oxygen atoms in total. The molecule has 228 valence electrons. The summed E-state index contributed by atoms with van der Waals surface area (Å²) < 4.78 is 15.5. The van der Waals surface area contributed by atoms with Gasteiger partial charge in [-0.1, -0.05) is 115 Å². The van der Waals surface area contributed by atoms with E-state index < -0.39 is 0 Å². The Bertz CT molecular complexity index is 3110. The second-order valence-electron chi connectivity index (χ2n) is 12.5. The van der Waals surface area contributed by atoms with Gasteiger partial charge in [-0.15, -0.1) is 0 Å². The number of para-hydroxylation sites is 3. The molecule has 0 N–H and O–H groups in total. The molecule has 7 aromatic carbocycles. The molecule has 0 aliphatic carbocycles. The van der Waals surface area contributed by atoms with Crippen molar-refractivity contribution < 1.29 is 8.83 Å². The van der Waals surface area contributed by atoms with Crippen LogP contribution in [0.4, 0.5) is 0 Å². The molecule has 0 amide bonds. The number of furan rings is 2. The minimum absolute atomic E-state index is 0.625. The molecule has 0 spiro atoms. The smallest absolute Gasteiger partial charge is 0.180 e. The molecule has 0 bridgehead atoms. The van der Waals surface area contributed by atoms with Crippen LogP contribution < -0.4 is 0 Å². The monoisotopic (exact) mass is 627 g/mol. The molecule has 5 heteroatoms. The maximum atomic E-state index is 6.82. The number of nitrogens with zero attached hydrogens (tertiary/aromatic N) is 3. The van der Waals surface area contributed by atoms with E-state index >= 15 is 0 Å². The largest absolute Gasteiger partial charge is 0.454 e. The third kappa shape index (κ3) is 3.70. The zero-order valence-corrected chi connectivity index (χ0v) is 26.1. The highest BCUT2D eigenvalue weighted by Crippen LogP contribution is 2.43. The van der Waals surface area contributed by atoms with E-state index in [4.69, 9.17) is 18.8 Å². The Morgan fingerprint density at radius 2 is 1.16 bits per heavy atom. The van der Waals surface area contributed by atoms with E-state index in [2.05, 4.69) is 108 Å². The molecule has 4 aromatic heterocycles. The van der Waals surface area contributed by atoms with Gasteiger partial charge in [-0.3, -0.25) is 0 Å². The molecule has 0 radical (unpaired) electrons. The van der Waals surface area contributed by atoms with Crippen LogP contribution in [-0.4, -0.2) is 14.5 Å². The Labute approximate surface area is 279 Å². The maximum Gasteiger partial charge on any atom is 0.180 e. The Morgan fingerprint density at radius 3 is 2.08 bits per heavy atom. The third-order valence-electron chi connectivity index (χ3n) is 9.81. The molecule has 49 heavy (non-hydrogen) atoms. The molecule has 0 aliphatic heterocycles. The Balaban J connectivity index is 1.21. The van der Waals surface area contributed by atoms with Crippen molar-refractivity contribution in [1.29, 1.82) is 0 Å². The Hall–Kier alpha value is -6.72. The highest BCUT2D eigenvalue weighted by molar-refractivity contribution is 6.22. The van der Waals surface area contributed by atoms with Crippen LogP contribution >= 0.6 is 0 Å². The highest BCUT2D eigenvalue weighted by atomic mass is 16.3. The van der Waals surface area contributed by atoms with Gasteiger partial charge >= 0.3 is 0 Å². The summed E-state index contributed by atoms with van der Waals surface area (Å²) in [6.07, 6.45) is 0. The average Bonchev–Trinajstić information content (AvgIpc) is 3.84. The number of hydrogen-bond donors (Lipinski definition) is 0. The minimum Gasteiger partial charge on any atom is -0.454 e. The predicted molar refractivity (Wildman–Crippen MR) is 199 cm³/mol. The van der Waals surface area contributed by atoms with Crippen molar-refractivity contribution in [2.24, 2.45) is 0 Å². The summed E-state index contributed by atoms with van der Waals surface area (Å²) in [6, 6.07) is 52.5. The van der Waals surface area contributed by atoms with Crippen LogP contribution in [0.2, 0.25) is 0 Å². The van der Waals surface area contributed by atoms with E-state index in [9.17, 15) is 0 Å². The summed E-state index contributed by atoms with van der Waals surface area (Å²) in [4.78, 5) is 10.4. The molecular weight excluding hydrogens is 603 g/mol. The lowest BCUT2D eigenvalue weighted by atomic mass is 10.0. The fourth-order valence-electron chi connectivity index (χ4n) is 7.70. The van der Waals surface area contributed by atoms with Gasteiger partial charge in [-0.25, -0.2) is 9.97 Å². The van der Waals surface area contributed by atoms with Crippen LogP contribution in [0.25, 0.3) is 105 Å². The molecule has 0 fully saturated rings. The second kappa shape index (κ2) is 9.89. The first kappa shape index (κ1) is 26.4. The van der Waals surface area contributed by atoms with Crippen molar-refractivity contribution in [1.82, 2.24) is 14.5 Å². The fraction of sp³-hybridized carbons (Fsp3) is 0. The zero-order valence-electron chi connectivity index (χ0n) is 26.1. The molecule has 0 aliphatic rings. The minimum atomic E-state index is 0.625. The quantitative estimate of drug-likeness (QED) is 0.196. The van der Waals surface area contributed by atoms with E-state index in [0.717, 1.165) is 72.0 Å². The van der Waals surface area contributed by atoms with Gasteiger partial charge in [0.1, 0.15) is 22.4 Å². The molecule has 0 saturated carbocycles. The number of hydrogen-bond acceptors (Lipinski definition) is 4. The summed E-state index contributed by atoms with van der Waals surface area (Å²) >= 11 is 0. The lowest BCUT2D eigenvalue weighted by Crippen LogP contribution is -1.95. The van der Waals surface area contributed by atoms with Gasteiger partial charge in [-0.2, -0.15) is 0 Å². The van der Waals surface area contributed by atoms with Gasteiger partial charge in [0.2, 0.25) is 0 Å². The lowest BCUT2D eigenvalue weighted by molar-refractivity contribution is 0.666. The predicted octanol–water partition coefficient (Wildman–Crippen LogP) is 11.9. The molecular formula is C44H25N3O2. The average molecular weight is 628 g/mol. The van der Waals surface area contributed by atoms with Crippen molar-refractivity contribution in [2.75, 3.05) is 0 Å². The van der Waals surface area contributed by atoms with Gasteiger partial charge < -0.3 is 13.4 Å². The second-order valence-corrected chi connectivity index (χ2v) is 12.5. The first-order valence-electron chi connectivity index (χ1n) is 16.4. The van der Waals surface area contributed by atoms with Crippen LogP contribution in [0.15, 0.2) is 160 Å². The van der Waals surface area contributed by atoms with E-state index in [1.807, 2.05) is 48.5 Å². The molecule has 4 heterocycles. The Morgan fingerprint density at radius 1 is 0.449 bits per heavy atom. The standard InChI is InChI=1S/C44H25N3O2/c1-2-13-27(14-3-1)40-43-41(30-17-7-9-22-36(30)48-43)46-44(45-40)32-19-11-23-37-39(32)31-18-10-21-35(42(31)49-37)47-33-20-8-6-16-29(33)38-28-15-5-4-12-26(28)24-25-34(38)47/h1-25H. The van der Waals surface area contributed by atoms with Gasteiger partial charge in [0.15, 0.2) is 17.0 Å². The number of rotatable bonds is 3. The van der Waals surface area contributed by atoms with Crippen molar-refractivity contribution in [3.63, 3.8) is 0 Å². The summed E-state index contributed by atoms with van der Waals surface area (Å²) in [7, 11) is 0. The molecule has 0 atom stereocenters. The van der Waals surface area contributed by atoms with Crippen molar-refractivity contribution >= 4 is 76.6 Å². The number of aromatic nitrogens is 3. The summed E-state index contributed by atoms with van der Waals surface area (Å²) in [5.74, 6) is 0.625. The first-order valence-corrected chi connectivity index (χ1v) is 16.4. The maximum absolute atomic E-state index is 6.82. The van der Waals surface area contributed by atoms with Gasteiger partial charge in [0, 0.05) is 38.1 Å². The van der Waals surface area contributed by atoms with Crippen molar-refractivity contribution in [2.45, 2.75) is 0 Å². The molecule has 0 saturated heterocycles. The van der Waals surface area contributed by atoms with Crippen LogP contribution in [0.5, 0.6) is 0 Å². The normalized spacial score (nSPS) is 12.1. The van der Waals surface area contributed by atoms with E-state index in [0.29, 0.717) is 11.4 Å². The van der Waals surface area contributed by atoms with E-state index in [1.165, 1.54) is 21.5 Å². The van der Waals surface area contributed by atoms with Gasteiger partial charge in [-0.05, 0) is 47.2 Å². The van der Waals surface area contributed by atoms with E-state index in [-0.39, 0.29) is 0 Å². The number of fused-ring (bicyclic) bond motifs is 11. The summed E-state index contributed by atoms with van der Waals surface area (Å²) in [5, 5.41) is 7.87. The zero-order chi connectivity index (χ0) is 32.1. The summed E-state index contributed by atoms with van der Waals surface area (Å²) in [6.45, 7) is 0. The topological polar surface area (TPSA) is 57.0 Å². The molecule has 11 rings (SSSR count). The van der Waals surface area contributed by atoms with Crippen molar-refractivity contribution in [3.8, 4) is 28.3 Å². The third-order valence-corrected chi connectivity index (χ3v) is 9.81. The van der Waals surface area contributed by atoms with Crippen molar-refractivity contribution in [3.05, 3.63) is 152 Å². The lowest BCUT2D eigenvalue weighted by Gasteiger charge is -2.09. The first-order chi connectivity index (χ1) is 24.3. The number of benzene rings is 7. The van der Waals surface area contributed by atoms with Gasteiger partial charge in [0.25, 0.3) is 0 Å². The molecule has 0 unspecified atom stereocenters. The summed E-state index contributed by atoms with van der Waals surface area (Å²) in [5.41, 5.74) is 9.78. The highest BCUT2D eigenvalue weighted by Gasteiger charge is 2.23. The molecule has 11 aromatic rings.